The number of hydrogen-bond acceptors (Lipinski definition) is 4. The van der Waals surface area contributed by atoms with Gasteiger partial charge in [0.05, 0.1) is 18.7 Å². The zero-order chi connectivity index (χ0) is 17.0. The minimum Gasteiger partial charge on any atom is -0.493 e. The highest BCUT2D eigenvalue weighted by Gasteiger charge is 2.16. The highest BCUT2D eigenvalue weighted by molar-refractivity contribution is 9.10. The fraction of sp³-hybridized carbons (Fsp3) is 0.200. The summed E-state index contributed by atoms with van der Waals surface area (Å²) in [6, 6.07) is 4.46. The lowest BCUT2D eigenvalue weighted by Crippen LogP contribution is -2.19. The van der Waals surface area contributed by atoms with Gasteiger partial charge in [0.2, 0.25) is 0 Å². The van der Waals surface area contributed by atoms with Crippen LogP contribution < -0.4 is 20.3 Å². The molecule has 0 aliphatic rings. The molecule has 0 aliphatic carbocycles. The van der Waals surface area contributed by atoms with E-state index in [9.17, 15) is 9.59 Å². The van der Waals surface area contributed by atoms with Crippen molar-refractivity contribution in [3.8, 4) is 11.5 Å². The third-order valence-corrected chi connectivity index (χ3v) is 3.64. The first kappa shape index (κ1) is 17.4. The Balaban J connectivity index is 2.34. The van der Waals surface area contributed by atoms with Gasteiger partial charge in [0.25, 0.3) is 11.5 Å². The molecule has 2 aromatic rings. The zero-order valence-electron chi connectivity index (χ0n) is 12.4. The van der Waals surface area contributed by atoms with E-state index in [4.69, 9.17) is 21.1 Å². The summed E-state index contributed by atoms with van der Waals surface area (Å²) in [5.74, 6) is 0.220. The van der Waals surface area contributed by atoms with Gasteiger partial charge in [0.15, 0.2) is 11.5 Å². The third-order valence-electron chi connectivity index (χ3n) is 2.90. The van der Waals surface area contributed by atoms with E-state index in [1.54, 1.807) is 0 Å². The first-order valence-electron chi connectivity index (χ1n) is 6.66. The molecule has 6 nitrogen and oxygen atoms in total. The van der Waals surface area contributed by atoms with E-state index in [1.807, 2.05) is 6.92 Å². The second-order valence-electron chi connectivity index (χ2n) is 4.44. The quantitative estimate of drug-likeness (QED) is 0.804. The van der Waals surface area contributed by atoms with E-state index in [1.165, 1.54) is 31.5 Å². The number of H-pyrrole nitrogens is 1. The van der Waals surface area contributed by atoms with Crippen LogP contribution in [0.5, 0.6) is 11.5 Å². The molecule has 0 atom stereocenters. The van der Waals surface area contributed by atoms with Crippen LogP contribution in [0.15, 0.2) is 33.7 Å². The number of benzene rings is 1. The monoisotopic (exact) mass is 400 g/mol. The van der Waals surface area contributed by atoms with Gasteiger partial charge in [-0.15, -0.1) is 0 Å². The van der Waals surface area contributed by atoms with E-state index in [-0.39, 0.29) is 16.3 Å². The number of hydrogen-bond donors (Lipinski definition) is 2. The molecule has 122 valence electrons. The number of ether oxygens (including phenoxy) is 2. The smallest absolute Gasteiger partial charge is 0.271 e. The largest absolute Gasteiger partial charge is 0.493 e. The minimum absolute atomic E-state index is 0.119. The second kappa shape index (κ2) is 7.52. The van der Waals surface area contributed by atoms with Gasteiger partial charge >= 0.3 is 0 Å². The van der Waals surface area contributed by atoms with Crippen molar-refractivity contribution in [3.05, 3.63) is 49.8 Å². The molecule has 0 radical (unpaired) electrons. The number of carbonyl (C=O) groups excluding carboxylic acids is 1. The Morgan fingerprint density at radius 3 is 2.78 bits per heavy atom. The van der Waals surface area contributed by atoms with E-state index in [0.29, 0.717) is 22.6 Å². The van der Waals surface area contributed by atoms with Crippen LogP contribution in [0.4, 0.5) is 5.69 Å². The molecular weight excluding hydrogens is 388 g/mol. The molecule has 0 aliphatic heterocycles. The number of aromatic amines is 1. The highest BCUT2D eigenvalue weighted by Crippen LogP contribution is 2.36. The summed E-state index contributed by atoms with van der Waals surface area (Å²) >= 11 is 9.36. The van der Waals surface area contributed by atoms with Gasteiger partial charge in [0.1, 0.15) is 5.69 Å². The molecule has 0 fully saturated rings. The number of carbonyl (C=O) groups is 1. The van der Waals surface area contributed by atoms with Crippen molar-refractivity contribution >= 4 is 39.1 Å². The van der Waals surface area contributed by atoms with Crippen molar-refractivity contribution in [1.29, 1.82) is 0 Å². The van der Waals surface area contributed by atoms with Crippen LogP contribution in [-0.2, 0) is 0 Å². The number of amides is 1. The number of halogens is 2. The predicted molar refractivity (Wildman–Crippen MR) is 91.9 cm³/mol. The van der Waals surface area contributed by atoms with Gasteiger partial charge in [-0.2, -0.15) is 0 Å². The first-order valence-corrected chi connectivity index (χ1v) is 7.83. The van der Waals surface area contributed by atoms with Crippen LogP contribution in [0.25, 0.3) is 0 Å². The highest BCUT2D eigenvalue weighted by atomic mass is 79.9. The van der Waals surface area contributed by atoms with Gasteiger partial charge in [-0.25, -0.2) is 0 Å². The zero-order valence-corrected chi connectivity index (χ0v) is 14.7. The summed E-state index contributed by atoms with van der Waals surface area (Å²) in [5.41, 5.74) is -0.0476. The van der Waals surface area contributed by atoms with Crippen molar-refractivity contribution in [2.24, 2.45) is 0 Å². The molecule has 2 N–H and O–H groups in total. The number of nitrogens with one attached hydrogen (secondary N) is 2. The lowest BCUT2D eigenvalue weighted by atomic mass is 10.2. The Bertz CT molecular complexity index is 792. The minimum atomic E-state index is -0.489. The van der Waals surface area contributed by atoms with E-state index in [0.717, 1.165) is 0 Å². The maximum atomic E-state index is 12.3. The van der Waals surface area contributed by atoms with Crippen LogP contribution in [-0.4, -0.2) is 24.6 Å². The summed E-state index contributed by atoms with van der Waals surface area (Å²) in [6.45, 7) is 2.23. The molecule has 0 bridgehead atoms. The molecule has 1 aromatic carbocycles. The van der Waals surface area contributed by atoms with Crippen LogP contribution in [0.1, 0.15) is 17.3 Å². The van der Waals surface area contributed by atoms with Crippen molar-refractivity contribution in [3.63, 3.8) is 0 Å². The molecule has 1 amide bonds. The van der Waals surface area contributed by atoms with E-state index >= 15 is 0 Å². The van der Waals surface area contributed by atoms with Crippen LogP contribution in [0.3, 0.4) is 0 Å². The molecule has 1 aromatic heterocycles. The Morgan fingerprint density at radius 2 is 2.13 bits per heavy atom. The molecular formula is C15H14BrClN2O4. The van der Waals surface area contributed by atoms with Gasteiger partial charge in [-0.05, 0) is 41.1 Å². The number of anilines is 1. The third kappa shape index (κ3) is 4.05. The Labute approximate surface area is 145 Å². The maximum Gasteiger partial charge on any atom is 0.271 e. The van der Waals surface area contributed by atoms with E-state index in [2.05, 4.69) is 26.2 Å². The molecule has 0 saturated carbocycles. The Kier molecular flexibility index (Phi) is 5.68. The summed E-state index contributed by atoms with van der Waals surface area (Å²) < 4.78 is 11.2. The number of rotatable bonds is 5. The van der Waals surface area contributed by atoms with Crippen molar-refractivity contribution in [1.82, 2.24) is 4.98 Å². The molecule has 0 unspecified atom stereocenters. The number of methoxy groups -OCH3 is 1. The lowest BCUT2D eigenvalue weighted by Gasteiger charge is -2.13. The van der Waals surface area contributed by atoms with Crippen LogP contribution >= 0.6 is 27.5 Å². The summed E-state index contributed by atoms with van der Waals surface area (Å²) in [4.78, 5) is 26.5. The molecule has 0 spiro atoms. The van der Waals surface area contributed by atoms with Gasteiger partial charge in [-0.1, -0.05) is 11.6 Å². The fourth-order valence-electron chi connectivity index (χ4n) is 1.88. The SMILES string of the molecule is CCOc1c(Cl)cc(C(=O)Nc2cc(Br)c[nH]c2=O)cc1OC. The summed E-state index contributed by atoms with van der Waals surface area (Å²) in [7, 11) is 1.45. The van der Waals surface area contributed by atoms with Crippen molar-refractivity contribution in [2.75, 3.05) is 19.0 Å². The molecule has 2 rings (SSSR count). The number of pyridine rings is 1. The van der Waals surface area contributed by atoms with Gasteiger partial charge < -0.3 is 19.8 Å². The molecule has 8 heteroatoms. The summed E-state index contributed by atoms with van der Waals surface area (Å²) in [6.07, 6.45) is 1.48. The predicted octanol–water partition coefficient (Wildman–Crippen LogP) is 3.45. The number of aromatic nitrogens is 1. The fourth-order valence-corrected chi connectivity index (χ4v) is 2.49. The topological polar surface area (TPSA) is 80.4 Å². The first-order chi connectivity index (χ1) is 11.0. The van der Waals surface area contributed by atoms with Gasteiger partial charge in [0, 0.05) is 16.2 Å². The average Bonchev–Trinajstić information content (AvgIpc) is 2.52. The van der Waals surface area contributed by atoms with Crippen LogP contribution in [0, 0.1) is 0 Å². The maximum absolute atomic E-state index is 12.3. The van der Waals surface area contributed by atoms with Crippen molar-refractivity contribution in [2.45, 2.75) is 6.92 Å². The second-order valence-corrected chi connectivity index (χ2v) is 5.76. The lowest BCUT2D eigenvalue weighted by molar-refractivity contribution is 0.102. The molecule has 23 heavy (non-hydrogen) atoms. The average molecular weight is 402 g/mol. The normalized spacial score (nSPS) is 10.3. The Hall–Kier alpha value is -1.99. The van der Waals surface area contributed by atoms with E-state index < -0.39 is 11.5 Å². The van der Waals surface area contributed by atoms with Crippen LogP contribution in [0.2, 0.25) is 5.02 Å². The summed E-state index contributed by atoms with van der Waals surface area (Å²) in [5, 5.41) is 2.78. The van der Waals surface area contributed by atoms with Crippen molar-refractivity contribution < 1.29 is 14.3 Å². The molecule has 0 saturated heterocycles. The molecule has 1 heterocycles. The Morgan fingerprint density at radius 1 is 1.39 bits per heavy atom. The standard InChI is InChI=1S/C15H14BrClN2O4/c1-3-23-13-10(17)4-8(5-12(13)22-2)14(20)19-11-6-9(16)7-18-15(11)21/h4-7H,3H2,1-2H3,(H,18,21)(H,19,20). The van der Waals surface area contributed by atoms with Gasteiger partial charge in [-0.3, -0.25) is 9.59 Å².